The van der Waals surface area contributed by atoms with Crippen LogP contribution in [0.1, 0.15) is 36.6 Å². The molecule has 1 atom stereocenters. The van der Waals surface area contributed by atoms with E-state index in [4.69, 9.17) is 9.52 Å². The molecule has 1 aliphatic heterocycles. The number of carboxylic acid groups (broad SMARTS) is 1. The van der Waals surface area contributed by atoms with Gasteiger partial charge in [0.1, 0.15) is 6.26 Å². The van der Waals surface area contributed by atoms with E-state index in [0.717, 1.165) is 25.9 Å². The second kappa shape index (κ2) is 4.87. The lowest BCUT2D eigenvalue weighted by Crippen LogP contribution is -2.28. The van der Waals surface area contributed by atoms with Crippen LogP contribution >= 0.6 is 0 Å². The maximum Gasteiger partial charge on any atom is 0.357 e. The number of oxazole rings is 1. The van der Waals surface area contributed by atoms with Crippen LogP contribution in [0.3, 0.4) is 0 Å². The monoisotopic (exact) mass is 238 g/mol. The molecule has 0 aromatic carbocycles. The standard InChI is InChI=1S/C12H18N2O3/c1-8(2)14-4-3-9(6-14)5-11-13-10(7-17-11)12(15)16/h7-9H,3-6H2,1-2H3,(H,15,16). The summed E-state index contributed by atoms with van der Waals surface area (Å²) in [6, 6.07) is 0.569. The highest BCUT2D eigenvalue weighted by atomic mass is 16.4. The van der Waals surface area contributed by atoms with E-state index in [0.29, 0.717) is 17.9 Å². The first kappa shape index (κ1) is 12.1. The Labute approximate surface area is 100 Å². The summed E-state index contributed by atoms with van der Waals surface area (Å²) in [6.07, 6.45) is 3.08. The third kappa shape index (κ3) is 2.85. The SMILES string of the molecule is CC(C)N1CCC(Cc2nc(C(=O)O)co2)C1. The number of carbonyl (C=O) groups is 1. The van der Waals surface area contributed by atoms with Crippen molar-refractivity contribution in [3.05, 3.63) is 17.8 Å². The Balaban J connectivity index is 1.91. The molecule has 17 heavy (non-hydrogen) atoms. The molecule has 5 heteroatoms. The summed E-state index contributed by atoms with van der Waals surface area (Å²) in [5.41, 5.74) is -0.00119. The van der Waals surface area contributed by atoms with Gasteiger partial charge in [0.2, 0.25) is 0 Å². The van der Waals surface area contributed by atoms with E-state index in [1.807, 2.05) is 0 Å². The topological polar surface area (TPSA) is 66.6 Å². The lowest BCUT2D eigenvalue weighted by molar-refractivity contribution is 0.0690. The maximum absolute atomic E-state index is 10.7. The van der Waals surface area contributed by atoms with Gasteiger partial charge in [0.25, 0.3) is 0 Å². The highest BCUT2D eigenvalue weighted by Gasteiger charge is 2.25. The molecule has 5 nitrogen and oxygen atoms in total. The van der Waals surface area contributed by atoms with Gasteiger partial charge in [0, 0.05) is 19.0 Å². The molecule has 2 rings (SSSR count). The fourth-order valence-corrected chi connectivity index (χ4v) is 2.25. The van der Waals surface area contributed by atoms with Gasteiger partial charge < -0.3 is 14.4 Å². The first-order valence-electron chi connectivity index (χ1n) is 5.98. The van der Waals surface area contributed by atoms with E-state index in [1.165, 1.54) is 6.26 Å². The summed E-state index contributed by atoms with van der Waals surface area (Å²) >= 11 is 0. The number of rotatable bonds is 4. The summed E-state index contributed by atoms with van der Waals surface area (Å²) in [6.45, 7) is 6.53. The van der Waals surface area contributed by atoms with Crippen molar-refractivity contribution in [2.45, 2.75) is 32.7 Å². The molecular weight excluding hydrogens is 220 g/mol. The quantitative estimate of drug-likeness (QED) is 0.863. The Morgan fingerprint density at radius 1 is 1.71 bits per heavy atom. The van der Waals surface area contributed by atoms with Crippen LogP contribution in [0, 0.1) is 5.92 Å². The normalized spacial score (nSPS) is 21.2. The maximum atomic E-state index is 10.7. The zero-order valence-corrected chi connectivity index (χ0v) is 10.2. The van der Waals surface area contributed by atoms with Crippen LogP contribution in [0.2, 0.25) is 0 Å². The summed E-state index contributed by atoms with van der Waals surface area (Å²) < 4.78 is 5.17. The molecule has 1 unspecified atom stereocenters. The van der Waals surface area contributed by atoms with Gasteiger partial charge >= 0.3 is 5.97 Å². The molecule has 1 fully saturated rings. The number of hydrogen-bond acceptors (Lipinski definition) is 4. The summed E-state index contributed by atoms with van der Waals surface area (Å²) in [5.74, 6) is 0.0333. The Morgan fingerprint density at radius 2 is 2.47 bits per heavy atom. The first-order valence-corrected chi connectivity index (χ1v) is 5.98. The van der Waals surface area contributed by atoms with Crippen molar-refractivity contribution in [2.24, 2.45) is 5.92 Å². The molecule has 94 valence electrons. The highest BCUT2D eigenvalue weighted by molar-refractivity contribution is 5.84. The Morgan fingerprint density at radius 3 is 3.00 bits per heavy atom. The second-order valence-corrected chi connectivity index (χ2v) is 4.88. The summed E-state index contributed by atoms with van der Waals surface area (Å²) in [7, 11) is 0. The van der Waals surface area contributed by atoms with E-state index >= 15 is 0 Å². The first-order chi connectivity index (χ1) is 8.06. The fraction of sp³-hybridized carbons (Fsp3) is 0.667. The zero-order chi connectivity index (χ0) is 12.4. The third-order valence-corrected chi connectivity index (χ3v) is 3.28. The van der Waals surface area contributed by atoms with E-state index < -0.39 is 5.97 Å². The van der Waals surface area contributed by atoms with Gasteiger partial charge in [0.05, 0.1) is 0 Å². The zero-order valence-electron chi connectivity index (χ0n) is 10.2. The van der Waals surface area contributed by atoms with Crippen molar-refractivity contribution in [1.29, 1.82) is 0 Å². The van der Waals surface area contributed by atoms with Crippen molar-refractivity contribution in [3.8, 4) is 0 Å². The molecule has 0 aliphatic carbocycles. The number of aromatic carboxylic acids is 1. The van der Waals surface area contributed by atoms with Crippen LogP contribution in [0.5, 0.6) is 0 Å². The van der Waals surface area contributed by atoms with Gasteiger partial charge in [-0.05, 0) is 32.7 Å². The molecular formula is C12H18N2O3. The molecule has 0 spiro atoms. The van der Waals surface area contributed by atoms with Crippen LogP contribution in [-0.2, 0) is 6.42 Å². The molecule has 1 aromatic heterocycles. The lowest BCUT2D eigenvalue weighted by Gasteiger charge is -2.19. The Bertz CT molecular complexity index is 400. The average molecular weight is 238 g/mol. The van der Waals surface area contributed by atoms with Gasteiger partial charge in [-0.25, -0.2) is 9.78 Å². The molecule has 0 amide bonds. The molecule has 1 N–H and O–H groups in total. The molecule has 1 aromatic rings. The Hall–Kier alpha value is -1.36. The van der Waals surface area contributed by atoms with E-state index in [1.54, 1.807) is 0 Å². The van der Waals surface area contributed by atoms with Gasteiger partial charge in [-0.15, -0.1) is 0 Å². The van der Waals surface area contributed by atoms with Crippen molar-refractivity contribution >= 4 is 5.97 Å². The molecule has 0 saturated carbocycles. The van der Waals surface area contributed by atoms with E-state index in [2.05, 4.69) is 23.7 Å². The molecule has 2 heterocycles. The number of carboxylic acids is 1. The Kier molecular flexibility index (Phi) is 3.47. The average Bonchev–Trinajstić information content (AvgIpc) is 2.87. The fourth-order valence-electron chi connectivity index (χ4n) is 2.25. The predicted octanol–water partition coefficient (Wildman–Crippen LogP) is 1.65. The molecule has 1 aliphatic rings. The number of nitrogens with zero attached hydrogens (tertiary/aromatic N) is 2. The lowest BCUT2D eigenvalue weighted by atomic mass is 10.1. The van der Waals surface area contributed by atoms with Gasteiger partial charge in [0.15, 0.2) is 11.6 Å². The van der Waals surface area contributed by atoms with Crippen LogP contribution in [0.4, 0.5) is 0 Å². The smallest absolute Gasteiger partial charge is 0.357 e. The van der Waals surface area contributed by atoms with Gasteiger partial charge in [-0.3, -0.25) is 0 Å². The largest absolute Gasteiger partial charge is 0.476 e. The van der Waals surface area contributed by atoms with Gasteiger partial charge in [-0.1, -0.05) is 0 Å². The number of aromatic nitrogens is 1. The van der Waals surface area contributed by atoms with Crippen molar-refractivity contribution in [3.63, 3.8) is 0 Å². The van der Waals surface area contributed by atoms with E-state index in [9.17, 15) is 4.79 Å². The highest BCUT2D eigenvalue weighted by Crippen LogP contribution is 2.22. The van der Waals surface area contributed by atoms with Crippen LogP contribution in [0.25, 0.3) is 0 Å². The summed E-state index contributed by atoms with van der Waals surface area (Å²) in [4.78, 5) is 17.0. The minimum absolute atomic E-state index is 0.00119. The van der Waals surface area contributed by atoms with Gasteiger partial charge in [-0.2, -0.15) is 0 Å². The van der Waals surface area contributed by atoms with Crippen molar-refractivity contribution in [2.75, 3.05) is 13.1 Å². The van der Waals surface area contributed by atoms with Crippen LogP contribution in [0.15, 0.2) is 10.7 Å². The van der Waals surface area contributed by atoms with Crippen molar-refractivity contribution < 1.29 is 14.3 Å². The van der Waals surface area contributed by atoms with Crippen molar-refractivity contribution in [1.82, 2.24) is 9.88 Å². The van der Waals surface area contributed by atoms with Crippen LogP contribution in [-0.4, -0.2) is 40.1 Å². The number of likely N-dealkylation sites (tertiary alicyclic amines) is 1. The third-order valence-electron chi connectivity index (χ3n) is 3.28. The number of hydrogen-bond donors (Lipinski definition) is 1. The molecule has 1 saturated heterocycles. The molecule has 0 radical (unpaired) electrons. The molecule has 0 bridgehead atoms. The minimum Gasteiger partial charge on any atom is -0.476 e. The minimum atomic E-state index is -1.03. The summed E-state index contributed by atoms with van der Waals surface area (Å²) in [5, 5.41) is 8.74. The predicted molar refractivity (Wildman–Crippen MR) is 62.0 cm³/mol. The van der Waals surface area contributed by atoms with E-state index in [-0.39, 0.29) is 5.69 Å². The second-order valence-electron chi connectivity index (χ2n) is 4.88. The van der Waals surface area contributed by atoms with Crippen LogP contribution < -0.4 is 0 Å².